The van der Waals surface area contributed by atoms with Gasteiger partial charge in [0.2, 0.25) is 0 Å². The van der Waals surface area contributed by atoms with E-state index in [0.717, 1.165) is 22.6 Å². The van der Waals surface area contributed by atoms with E-state index in [0.29, 0.717) is 17.5 Å². The van der Waals surface area contributed by atoms with E-state index in [9.17, 15) is 0 Å². The van der Waals surface area contributed by atoms with Gasteiger partial charge in [0, 0.05) is 17.5 Å². The van der Waals surface area contributed by atoms with E-state index in [4.69, 9.17) is 17.3 Å². The average molecular weight is 263 g/mol. The molecule has 0 amide bonds. The van der Waals surface area contributed by atoms with E-state index in [1.165, 1.54) is 12.8 Å². The van der Waals surface area contributed by atoms with E-state index in [1.54, 1.807) is 0 Å². The van der Waals surface area contributed by atoms with Gasteiger partial charge in [-0.25, -0.2) is 4.68 Å². The lowest BCUT2D eigenvalue weighted by molar-refractivity contribution is 0.759. The molecule has 0 spiro atoms. The van der Waals surface area contributed by atoms with Crippen LogP contribution in [0.4, 0.5) is 0 Å². The molecule has 0 unspecified atom stereocenters. The molecule has 1 heterocycles. The predicted octanol–water partition coefficient (Wildman–Crippen LogP) is 2.57. The molecule has 1 aromatic heterocycles. The highest BCUT2D eigenvalue weighted by atomic mass is 35.5. The van der Waals surface area contributed by atoms with Gasteiger partial charge in [-0.3, -0.25) is 0 Å². The van der Waals surface area contributed by atoms with E-state index in [2.05, 4.69) is 10.3 Å². The number of nitrogens with two attached hydrogens (primary N) is 1. The van der Waals surface area contributed by atoms with Crippen molar-refractivity contribution in [2.75, 3.05) is 0 Å². The zero-order chi connectivity index (χ0) is 12.7. The van der Waals surface area contributed by atoms with Gasteiger partial charge < -0.3 is 5.73 Å². The summed E-state index contributed by atoms with van der Waals surface area (Å²) in [6.45, 7) is 2.48. The second-order valence-electron chi connectivity index (χ2n) is 4.74. The molecule has 0 atom stereocenters. The summed E-state index contributed by atoms with van der Waals surface area (Å²) in [6.07, 6.45) is 2.39. The fourth-order valence-corrected chi connectivity index (χ4v) is 2.39. The molecule has 1 aliphatic carbocycles. The smallest absolute Gasteiger partial charge is 0.100 e. The van der Waals surface area contributed by atoms with Gasteiger partial charge in [0.05, 0.1) is 11.4 Å². The highest BCUT2D eigenvalue weighted by Crippen LogP contribution is 2.42. The van der Waals surface area contributed by atoms with Gasteiger partial charge in [0.15, 0.2) is 0 Å². The maximum Gasteiger partial charge on any atom is 0.100 e. The van der Waals surface area contributed by atoms with Gasteiger partial charge in [-0.05, 0) is 37.5 Å². The van der Waals surface area contributed by atoms with Gasteiger partial charge in [0.25, 0.3) is 0 Å². The zero-order valence-electron chi connectivity index (χ0n) is 10.2. The molecule has 0 saturated heterocycles. The van der Waals surface area contributed by atoms with Crippen LogP contribution in [-0.2, 0) is 6.54 Å². The molecule has 0 bridgehead atoms. The lowest BCUT2D eigenvalue weighted by atomic mass is 10.1. The van der Waals surface area contributed by atoms with Gasteiger partial charge in [-0.15, -0.1) is 5.10 Å². The van der Waals surface area contributed by atoms with Crippen LogP contribution in [0.25, 0.3) is 5.69 Å². The van der Waals surface area contributed by atoms with Crippen LogP contribution in [0.5, 0.6) is 0 Å². The fraction of sp³-hybridized carbons (Fsp3) is 0.385. The van der Waals surface area contributed by atoms with Crippen molar-refractivity contribution in [3.8, 4) is 5.69 Å². The maximum atomic E-state index is 6.07. The number of nitrogens with zero attached hydrogens (tertiary/aromatic N) is 3. The molecule has 3 rings (SSSR count). The van der Waals surface area contributed by atoms with Crippen molar-refractivity contribution in [1.29, 1.82) is 0 Å². The Morgan fingerprint density at radius 1 is 1.44 bits per heavy atom. The topological polar surface area (TPSA) is 56.7 Å². The molecular weight excluding hydrogens is 248 g/mol. The van der Waals surface area contributed by atoms with Crippen molar-refractivity contribution < 1.29 is 0 Å². The molecule has 18 heavy (non-hydrogen) atoms. The summed E-state index contributed by atoms with van der Waals surface area (Å²) < 4.78 is 1.90. The van der Waals surface area contributed by atoms with Crippen molar-refractivity contribution in [2.45, 2.75) is 32.2 Å². The van der Waals surface area contributed by atoms with Crippen LogP contribution in [0.3, 0.4) is 0 Å². The third-order valence-electron chi connectivity index (χ3n) is 3.34. The molecular formula is C13H15ClN4. The molecule has 1 aliphatic rings. The first kappa shape index (κ1) is 11.7. The second kappa shape index (κ2) is 4.37. The number of halogens is 1. The van der Waals surface area contributed by atoms with Crippen LogP contribution in [0.1, 0.15) is 35.7 Å². The highest BCUT2D eigenvalue weighted by molar-refractivity contribution is 6.30. The van der Waals surface area contributed by atoms with Gasteiger partial charge in [0.1, 0.15) is 5.69 Å². The monoisotopic (exact) mass is 262 g/mol. The number of hydrogen-bond donors (Lipinski definition) is 1. The van der Waals surface area contributed by atoms with E-state index >= 15 is 0 Å². The lowest BCUT2D eigenvalue weighted by Crippen LogP contribution is -2.06. The average Bonchev–Trinajstić information content (AvgIpc) is 3.12. The van der Waals surface area contributed by atoms with E-state index in [1.807, 2.05) is 29.8 Å². The predicted molar refractivity (Wildman–Crippen MR) is 71.0 cm³/mol. The summed E-state index contributed by atoms with van der Waals surface area (Å²) in [5.74, 6) is 0.553. The summed E-state index contributed by atoms with van der Waals surface area (Å²) in [5.41, 5.74) is 9.92. The molecule has 4 nitrogen and oxygen atoms in total. The second-order valence-corrected chi connectivity index (χ2v) is 5.18. The number of benzene rings is 1. The fourth-order valence-electron chi connectivity index (χ4n) is 2.22. The summed E-state index contributed by atoms with van der Waals surface area (Å²) >= 11 is 6.07. The number of rotatable bonds is 3. The first-order valence-electron chi connectivity index (χ1n) is 6.11. The molecule has 2 aromatic rings. The van der Waals surface area contributed by atoms with Gasteiger partial charge >= 0.3 is 0 Å². The van der Waals surface area contributed by atoms with Crippen molar-refractivity contribution in [1.82, 2.24) is 15.0 Å². The Morgan fingerprint density at radius 3 is 2.89 bits per heavy atom. The summed E-state index contributed by atoms with van der Waals surface area (Å²) in [5, 5.41) is 9.15. The van der Waals surface area contributed by atoms with Crippen LogP contribution in [-0.4, -0.2) is 15.0 Å². The standard InChI is InChI=1S/C13H15ClN4/c1-8-2-5-10(14)6-12(8)18-13(9-3-4-9)11(7-15)16-17-18/h2,5-6,9H,3-4,7,15H2,1H3. The third-order valence-corrected chi connectivity index (χ3v) is 3.57. The molecule has 1 aromatic carbocycles. The highest BCUT2D eigenvalue weighted by Gasteiger charge is 2.31. The summed E-state index contributed by atoms with van der Waals surface area (Å²) in [4.78, 5) is 0. The quantitative estimate of drug-likeness (QED) is 0.925. The molecule has 5 heteroatoms. The van der Waals surface area contributed by atoms with Gasteiger partial charge in [-0.1, -0.05) is 22.9 Å². The van der Waals surface area contributed by atoms with E-state index in [-0.39, 0.29) is 0 Å². The van der Waals surface area contributed by atoms with Crippen LogP contribution in [0.15, 0.2) is 18.2 Å². The number of hydrogen-bond acceptors (Lipinski definition) is 3. The minimum Gasteiger partial charge on any atom is -0.325 e. The Kier molecular flexibility index (Phi) is 2.84. The van der Waals surface area contributed by atoms with Crippen molar-refractivity contribution in [3.05, 3.63) is 40.2 Å². The largest absolute Gasteiger partial charge is 0.325 e. The summed E-state index contributed by atoms with van der Waals surface area (Å²) in [6, 6.07) is 5.81. The van der Waals surface area contributed by atoms with Crippen LogP contribution >= 0.6 is 11.6 Å². The van der Waals surface area contributed by atoms with Crippen molar-refractivity contribution in [3.63, 3.8) is 0 Å². The number of aromatic nitrogens is 3. The Balaban J connectivity index is 2.16. The Hall–Kier alpha value is -1.39. The minimum atomic E-state index is 0.436. The van der Waals surface area contributed by atoms with E-state index < -0.39 is 0 Å². The third kappa shape index (κ3) is 1.91. The molecule has 1 fully saturated rings. The SMILES string of the molecule is Cc1ccc(Cl)cc1-n1nnc(CN)c1C1CC1. The van der Waals surface area contributed by atoms with Crippen LogP contribution in [0.2, 0.25) is 5.02 Å². The van der Waals surface area contributed by atoms with Crippen molar-refractivity contribution >= 4 is 11.6 Å². The zero-order valence-corrected chi connectivity index (χ0v) is 11.0. The van der Waals surface area contributed by atoms with Crippen LogP contribution in [0, 0.1) is 6.92 Å². The molecule has 94 valence electrons. The normalized spacial score (nSPS) is 15.1. The molecule has 0 aliphatic heterocycles. The number of aryl methyl sites for hydroxylation is 1. The Morgan fingerprint density at radius 2 is 2.22 bits per heavy atom. The minimum absolute atomic E-state index is 0.436. The Labute approximate surface area is 111 Å². The molecule has 0 radical (unpaired) electrons. The first-order chi connectivity index (χ1) is 8.70. The van der Waals surface area contributed by atoms with Crippen LogP contribution < -0.4 is 5.73 Å². The molecule has 2 N–H and O–H groups in total. The molecule has 1 saturated carbocycles. The lowest BCUT2D eigenvalue weighted by Gasteiger charge is -2.09. The summed E-state index contributed by atoms with van der Waals surface area (Å²) in [7, 11) is 0. The van der Waals surface area contributed by atoms with Crippen molar-refractivity contribution in [2.24, 2.45) is 5.73 Å². The Bertz CT molecular complexity index is 587. The van der Waals surface area contributed by atoms with Gasteiger partial charge in [-0.2, -0.15) is 0 Å². The first-order valence-corrected chi connectivity index (χ1v) is 6.49. The maximum absolute atomic E-state index is 6.07.